The van der Waals surface area contributed by atoms with Gasteiger partial charge < -0.3 is 5.32 Å². The molecule has 1 heterocycles. The number of hydrogen-bond donors (Lipinski definition) is 1. The van der Waals surface area contributed by atoms with Crippen LogP contribution in [-0.2, 0) is 13.0 Å². The Bertz CT molecular complexity index is 622. The predicted molar refractivity (Wildman–Crippen MR) is 84.5 cm³/mol. The van der Waals surface area contributed by atoms with E-state index in [1.54, 1.807) is 6.07 Å². The minimum Gasteiger partial charge on any atom is -0.317 e. The molecule has 114 valence electrons. The standard InChI is InChI=1S/C16H21ClFN3/c1-4-19-8-7-15-11(2)20-21(12(15)3)10-13-5-6-14(18)9-16(13)17/h5-6,9,19H,4,7-8,10H2,1-3H3. The van der Waals surface area contributed by atoms with Gasteiger partial charge >= 0.3 is 0 Å². The van der Waals surface area contributed by atoms with Gasteiger partial charge in [0.15, 0.2) is 0 Å². The summed E-state index contributed by atoms with van der Waals surface area (Å²) in [5.41, 5.74) is 4.34. The van der Waals surface area contributed by atoms with Crippen molar-refractivity contribution in [3.8, 4) is 0 Å². The van der Waals surface area contributed by atoms with E-state index < -0.39 is 0 Å². The summed E-state index contributed by atoms with van der Waals surface area (Å²) in [5.74, 6) is -0.316. The smallest absolute Gasteiger partial charge is 0.124 e. The zero-order chi connectivity index (χ0) is 15.4. The Hall–Kier alpha value is -1.39. The van der Waals surface area contributed by atoms with E-state index in [2.05, 4.69) is 24.3 Å². The van der Waals surface area contributed by atoms with Crippen molar-refractivity contribution in [1.29, 1.82) is 0 Å². The van der Waals surface area contributed by atoms with Gasteiger partial charge in [-0.3, -0.25) is 4.68 Å². The molecule has 0 spiro atoms. The molecule has 0 saturated heterocycles. The molecule has 2 aromatic rings. The third kappa shape index (κ3) is 3.83. The van der Waals surface area contributed by atoms with E-state index in [1.165, 1.54) is 17.7 Å². The third-order valence-electron chi connectivity index (χ3n) is 3.67. The molecule has 1 aromatic carbocycles. The van der Waals surface area contributed by atoms with Crippen LogP contribution in [-0.4, -0.2) is 22.9 Å². The van der Waals surface area contributed by atoms with E-state index in [1.807, 2.05) is 11.6 Å². The molecule has 0 amide bonds. The second kappa shape index (κ2) is 7.05. The van der Waals surface area contributed by atoms with Crippen molar-refractivity contribution in [3.05, 3.63) is 51.6 Å². The maximum atomic E-state index is 13.1. The third-order valence-corrected chi connectivity index (χ3v) is 4.02. The van der Waals surface area contributed by atoms with Crippen LogP contribution in [0.25, 0.3) is 0 Å². The first-order valence-electron chi connectivity index (χ1n) is 7.20. The fourth-order valence-electron chi connectivity index (χ4n) is 2.45. The number of halogens is 2. The fourth-order valence-corrected chi connectivity index (χ4v) is 2.68. The van der Waals surface area contributed by atoms with Crippen LogP contribution in [0.2, 0.25) is 5.02 Å². The SMILES string of the molecule is CCNCCc1c(C)nn(Cc2ccc(F)cc2Cl)c1C. The molecule has 0 aliphatic rings. The van der Waals surface area contributed by atoms with Gasteiger partial charge in [-0.05, 0) is 56.6 Å². The van der Waals surface area contributed by atoms with Gasteiger partial charge in [-0.15, -0.1) is 0 Å². The molecule has 0 saturated carbocycles. The molecular weight excluding hydrogens is 289 g/mol. The molecule has 1 N–H and O–H groups in total. The first-order valence-corrected chi connectivity index (χ1v) is 7.58. The lowest BCUT2D eigenvalue weighted by atomic mass is 10.1. The maximum absolute atomic E-state index is 13.1. The Labute approximate surface area is 130 Å². The van der Waals surface area contributed by atoms with E-state index in [0.717, 1.165) is 36.5 Å². The molecule has 0 unspecified atom stereocenters. The highest BCUT2D eigenvalue weighted by atomic mass is 35.5. The Morgan fingerprint density at radius 2 is 2.10 bits per heavy atom. The van der Waals surface area contributed by atoms with E-state index in [0.29, 0.717) is 11.6 Å². The van der Waals surface area contributed by atoms with E-state index >= 15 is 0 Å². The summed E-state index contributed by atoms with van der Waals surface area (Å²) in [6.45, 7) is 8.67. The van der Waals surface area contributed by atoms with E-state index in [-0.39, 0.29) is 5.82 Å². The predicted octanol–water partition coefficient (Wildman–Crippen LogP) is 3.49. The molecule has 0 atom stereocenters. The summed E-state index contributed by atoms with van der Waals surface area (Å²) >= 11 is 6.09. The average molecular weight is 310 g/mol. The second-order valence-electron chi connectivity index (χ2n) is 5.15. The summed E-state index contributed by atoms with van der Waals surface area (Å²) in [4.78, 5) is 0. The number of rotatable bonds is 6. The van der Waals surface area contributed by atoms with Gasteiger partial charge in [0.05, 0.1) is 12.2 Å². The van der Waals surface area contributed by atoms with Crippen LogP contribution in [0.1, 0.15) is 29.4 Å². The highest BCUT2D eigenvalue weighted by Crippen LogP contribution is 2.20. The lowest BCUT2D eigenvalue weighted by Gasteiger charge is -2.08. The van der Waals surface area contributed by atoms with Gasteiger partial charge in [-0.1, -0.05) is 24.6 Å². The van der Waals surface area contributed by atoms with Crippen molar-refractivity contribution < 1.29 is 4.39 Å². The second-order valence-corrected chi connectivity index (χ2v) is 5.55. The number of hydrogen-bond acceptors (Lipinski definition) is 2. The van der Waals surface area contributed by atoms with Crippen molar-refractivity contribution in [2.24, 2.45) is 0 Å². The van der Waals surface area contributed by atoms with E-state index in [4.69, 9.17) is 11.6 Å². The normalized spacial score (nSPS) is 11.1. The quantitative estimate of drug-likeness (QED) is 0.828. The lowest BCUT2D eigenvalue weighted by molar-refractivity contribution is 0.622. The highest BCUT2D eigenvalue weighted by molar-refractivity contribution is 6.31. The van der Waals surface area contributed by atoms with Crippen LogP contribution in [0.15, 0.2) is 18.2 Å². The largest absolute Gasteiger partial charge is 0.317 e. The number of likely N-dealkylation sites (N-methyl/N-ethyl adjacent to an activating group) is 1. The zero-order valence-electron chi connectivity index (χ0n) is 12.7. The van der Waals surface area contributed by atoms with Gasteiger partial charge in [0.2, 0.25) is 0 Å². The molecule has 21 heavy (non-hydrogen) atoms. The number of nitrogens with one attached hydrogen (secondary N) is 1. The Kier molecular flexibility index (Phi) is 5.37. The summed E-state index contributed by atoms with van der Waals surface area (Å²) in [5, 5.41) is 8.35. The van der Waals surface area contributed by atoms with Gasteiger partial charge in [0.1, 0.15) is 5.82 Å². The molecule has 0 radical (unpaired) electrons. The monoisotopic (exact) mass is 309 g/mol. The molecular formula is C16H21ClFN3. The minimum atomic E-state index is -0.316. The van der Waals surface area contributed by atoms with Crippen LogP contribution in [0, 0.1) is 19.7 Å². The average Bonchev–Trinajstić information content (AvgIpc) is 2.69. The van der Waals surface area contributed by atoms with Crippen LogP contribution in [0.3, 0.4) is 0 Å². The van der Waals surface area contributed by atoms with Crippen molar-refractivity contribution in [1.82, 2.24) is 15.1 Å². The van der Waals surface area contributed by atoms with Crippen LogP contribution >= 0.6 is 11.6 Å². The summed E-state index contributed by atoms with van der Waals surface area (Å²) < 4.78 is 15.0. The van der Waals surface area contributed by atoms with E-state index in [9.17, 15) is 4.39 Å². The summed E-state index contributed by atoms with van der Waals surface area (Å²) in [7, 11) is 0. The number of aryl methyl sites for hydroxylation is 1. The van der Waals surface area contributed by atoms with Crippen molar-refractivity contribution >= 4 is 11.6 Å². The van der Waals surface area contributed by atoms with Gasteiger partial charge in [-0.25, -0.2) is 4.39 Å². The molecule has 1 aromatic heterocycles. The number of benzene rings is 1. The minimum absolute atomic E-state index is 0.316. The van der Waals surface area contributed by atoms with Crippen LogP contribution in [0.4, 0.5) is 4.39 Å². The lowest BCUT2D eigenvalue weighted by Crippen LogP contribution is -2.16. The topological polar surface area (TPSA) is 29.9 Å². The first kappa shape index (κ1) is 16.0. The first-order chi connectivity index (χ1) is 10.0. The number of nitrogens with zero attached hydrogens (tertiary/aromatic N) is 2. The fraction of sp³-hybridized carbons (Fsp3) is 0.438. The molecule has 3 nitrogen and oxygen atoms in total. The van der Waals surface area contributed by atoms with Crippen LogP contribution in [0.5, 0.6) is 0 Å². The number of aromatic nitrogens is 2. The molecule has 2 rings (SSSR count). The van der Waals surface area contributed by atoms with Gasteiger partial charge in [-0.2, -0.15) is 5.10 Å². The highest BCUT2D eigenvalue weighted by Gasteiger charge is 2.12. The maximum Gasteiger partial charge on any atom is 0.124 e. The molecule has 0 fully saturated rings. The van der Waals surface area contributed by atoms with Gasteiger partial charge in [0, 0.05) is 10.7 Å². The molecule has 0 aliphatic carbocycles. The Balaban J connectivity index is 2.19. The molecule has 0 aliphatic heterocycles. The van der Waals surface area contributed by atoms with Crippen molar-refractivity contribution in [3.63, 3.8) is 0 Å². The summed E-state index contributed by atoms with van der Waals surface area (Å²) in [6, 6.07) is 4.49. The zero-order valence-corrected chi connectivity index (χ0v) is 13.5. The Morgan fingerprint density at radius 3 is 2.76 bits per heavy atom. The Morgan fingerprint density at radius 1 is 1.33 bits per heavy atom. The summed E-state index contributed by atoms with van der Waals surface area (Å²) in [6.07, 6.45) is 0.961. The molecule has 5 heteroatoms. The van der Waals surface area contributed by atoms with Gasteiger partial charge in [0.25, 0.3) is 0 Å². The van der Waals surface area contributed by atoms with Crippen molar-refractivity contribution in [2.75, 3.05) is 13.1 Å². The van der Waals surface area contributed by atoms with Crippen molar-refractivity contribution in [2.45, 2.75) is 33.7 Å². The molecule has 0 bridgehead atoms. The van der Waals surface area contributed by atoms with Crippen LogP contribution < -0.4 is 5.32 Å².